The first-order chi connectivity index (χ1) is 15.5. The fourth-order valence-electron chi connectivity index (χ4n) is 3.94. The van der Waals surface area contributed by atoms with Crippen LogP contribution in [0, 0.1) is 5.82 Å². The molecule has 1 N–H and O–H groups in total. The second-order valence-electron chi connectivity index (χ2n) is 7.56. The summed E-state index contributed by atoms with van der Waals surface area (Å²) in [6, 6.07) is 11.8. The van der Waals surface area contributed by atoms with Crippen molar-refractivity contribution in [1.29, 1.82) is 0 Å². The molecule has 32 heavy (non-hydrogen) atoms. The molecule has 6 nitrogen and oxygen atoms in total. The molecular formula is C24H24FN3O3S. The third kappa shape index (κ3) is 4.65. The molecule has 0 spiro atoms. The van der Waals surface area contributed by atoms with Gasteiger partial charge in [0.2, 0.25) is 5.91 Å². The van der Waals surface area contributed by atoms with E-state index in [9.17, 15) is 14.0 Å². The van der Waals surface area contributed by atoms with Gasteiger partial charge < -0.3 is 15.0 Å². The summed E-state index contributed by atoms with van der Waals surface area (Å²) < 4.78 is 19.9. The van der Waals surface area contributed by atoms with Crippen LogP contribution in [0.25, 0.3) is 0 Å². The molecule has 1 aliphatic heterocycles. The molecule has 2 amide bonds. The quantitative estimate of drug-likeness (QED) is 0.610. The van der Waals surface area contributed by atoms with E-state index in [2.05, 4.69) is 10.3 Å². The van der Waals surface area contributed by atoms with Crippen LogP contribution in [-0.4, -0.2) is 34.8 Å². The van der Waals surface area contributed by atoms with E-state index in [1.54, 1.807) is 16.3 Å². The van der Waals surface area contributed by atoms with E-state index in [1.165, 1.54) is 30.4 Å². The first kappa shape index (κ1) is 22.0. The van der Waals surface area contributed by atoms with Gasteiger partial charge in [0.05, 0.1) is 6.04 Å². The molecular weight excluding hydrogens is 429 g/mol. The van der Waals surface area contributed by atoms with Crippen LogP contribution in [0.5, 0.6) is 5.75 Å². The lowest BCUT2D eigenvalue weighted by Crippen LogP contribution is -2.39. The van der Waals surface area contributed by atoms with Gasteiger partial charge >= 0.3 is 0 Å². The van der Waals surface area contributed by atoms with Crippen LogP contribution < -0.4 is 10.1 Å². The molecule has 0 bridgehead atoms. The SMILES string of the molecule is CCNC(=O)c1csc(COc2ccc3c(c2)C(c2cccc(F)c2)N(C(C)=O)CC3)n1. The maximum Gasteiger partial charge on any atom is 0.270 e. The van der Waals surface area contributed by atoms with Crippen molar-refractivity contribution in [3.63, 3.8) is 0 Å². The summed E-state index contributed by atoms with van der Waals surface area (Å²) in [5.41, 5.74) is 3.14. The van der Waals surface area contributed by atoms with Crippen molar-refractivity contribution in [2.75, 3.05) is 13.1 Å². The predicted octanol–water partition coefficient (Wildman–Crippen LogP) is 4.10. The zero-order valence-corrected chi connectivity index (χ0v) is 18.7. The largest absolute Gasteiger partial charge is 0.486 e. The molecule has 1 aliphatic rings. The van der Waals surface area contributed by atoms with Gasteiger partial charge in [-0.1, -0.05) is 18.2 Å². The van der Waals surface area contributed by atoms with Crippen molar-refractivity contribution < 1.29 is 18.7 Å². The second-order valence-corrected chi connectivity index (χ2v) is 8.50. The normalized spacial score (nSPS) is 15.2. The minimum Gasteiger partial charge on any atom is -0.486 e. The number of amides is 2. The topological polar surface area (TPSA) is 71.5 Å². The van der Waals surface area contributed by atoms with E-state index in [1.807, 2.05) is 31.2 Å². The Hall–Kier alpha value is -3.26. The molecule has 2 aromatic carbocycles. The third-order valence-corrected chi connectivity index (χ3v) is 6.22. The summed E-state index contributed by atoms with van der Waals surface area (Å²) >= 11 is 1.36. The summed E-state index contributed by atoms with van der Waals surface area (Å²) in [6.45, 7) is 4.73. The molecule has 1 atom stereocenters. The van der Waals surface area contributed by atoms with E-state index >= 15 is 0 Å². The number of carbonyl (C=O) groups is 2. The Labute approximate surface area is 190 Å². The summed E-state index contributed by atoms with van der Waals surface area (Å²) in [5, 5.41) is 5.13. The predicted molar refractivity (Wildman–Crippen MR) is 120 cm³/mol. The minimum atomic E-state index is -0.375. The lowest BCUT2D eigenvalue weighted by atomic mass is 9.88. The highest BCUT2D eigenvalue weighted by Gasteiger charge is 2.31. The highest BCUT2D eigenvalue weighted by atomic mass is 32.1. The zero-order chi connectivity index (χ0) is 22.7. The smallest absolute Gasteiger partial charge is 0.270 e. The van der Waals surface area contributed by atoms with Crippen LogP contribution in [0.3, 0.4) is 0 Å². The summed E-state index contributed by atoms with van der Waals surface area (Å²) in [6.07, 6.45) is 0.726. The number of hydrogen-bond donors (Lipinski definition) is 1. The Bertz CT molecular complexity index is 1150. The molecule has 166 valence electrons. The molecule has 0 aliphatic carbocycles. The number of rotatable bonds is 6. The minimum absolute atomic E-state index is 0.0584. The molecule has 4 rings (SSSR count). The monoisotopic (exact) mass is 453 g/mol. The Morgan fingerprint density at radius 3 is 2.88 bits per heavy atom. The molecule has 8 heteroatoms. The van der Waals surface area contributed by atoms with Crippen LogP contribution in [0.15, 0.2) is 47.8 Å². The van der Waals surface area contributed by atoms with E-state index < -0.39 is 0 Å². The molecule has 1 unspecified atom stereocenters. The number of halogens is 1. The van der Waals surface area contributed by atoms with Gasteiger partial charge in [-0.25, -0.2) is 9.37 Å². The second kappa shape index (κ2) is 9.48. The van der Waals surface area contributed by atoms with E-state index in [-0.39, 0.29) is 30.3 Å². The van der Waals surface area contributed by atoms with Gasteiger partial charge in [-0.15, -0.1) is 11.3 Å². The van der Waals surface area contributed by atoms with Gasteiger partial charge in [0.1, 0.15) is 28.9 Å². The molecule has 0 saturated carbocycles. The van der Waals surface area contributed by atoms with Crippen LogP contribution >= 0.6 is 11.3 Å². The van der Waals surface area contributed by atoms with Crippen molar-refractivity contribution in [1.82, 2.24) is 15.2 Å². The number of hydrogen-bond acceptors (Lipinski definition) is 5. The van der Waals surface area contributed by atoms with Gasteiger partial charge in [0, 0.05) is 25.4 Å². The van der Waals surface area contributed by atoms with Gasteiger partial charge in [-0.3, -0.25) is 9.59 Å². The van der Waals surface area contributed by atoms with E-state index in [0.29, 0.717) is 29.5 Å². The number of nitrogens with one attached hydrogen (secondary N) is 1. The lowest BCUT2D eigenvalue weighted by Gasteiger charge is -2.37. The number of thiazole rings is 1. The highest BCUT2D eigenvalue weighted by molar-refractivity contribution is 7.09. The Balaban J connectivity index is 1.58. The summed E-state index contributed by atoms with van der Waals surface area (Å²) in [7, 11) is 0. The number of benzene rings is 2. The third-order valence-electron chi connectivity index (χ3n) is 5.40. The Kier molecular flexibility index (Phi) is 6.50. The number of ether oxygens (including phenoxy) is 1. The van der Waals surface area contributed by atoms with E-state index in [4.69, 9.17) is 4.74 Å². The van der Waals surface area contributed by atoms with E-state index in [0.717, 1.165) is 23.1 Å². The standard InChI is InChI=1S/C24H24FN3O3S/c1-3-26-24(30)21-14-32-22(27-21)13-31-19-8-7-16-9-10-28(15(2)29)23(20(16)12-19)17-5-4-6-18(25)11-17/h4-8,11-12,14,23H,3,9-10,13H2,1-2H3,(H,26,30). The zero-order valence-electron chi connectivity index (χ0n) is 17.9. The molecule has 1 aromatic heterocycles. The molecule has 0 radical (unpaired) electrons. The van der Waals surface area contributed by atoms with Crippen molar-refractivity contribution in [3.8, 4) is 5.75 Å². The van der Waals surface area contributed by atoms with Gasteiger partial charge in [0.25, 0.3) is 5.91 Å². The van der Waals surface area contributed by atoms with Gasteiger partial charge in [-0.2, -0.15) is 0 Å². The lowest BCUT2D eigenvalue weighted by molar-refractivity contribution is -0.130. The summed E-state index contributed by atoms with van der Waals surface area (Å²) in [4.78, 5) is 30.3. The first-order valence-corrected chi connectivity index (χ1v) is 11.3. The van der Waals surface area contributed by atoms with Crippen LogP contribution in [-0.2, 0) is 17.8 Å². The van der Waals surface area contributed by atoms with Crippen LogP contribution in [0.1, 0.15) is 52.1 Å². The maximum atomic E-state index is 14.0. The van der Waals surface area contributed by atoms with Crippen LogP contribution in [0.2, 0.25) is 0 Å². The Morgan fingerprint density at radius 1 is 1.28 bits per heavy atom. The fourth-order valence-corrected chi connectivity index (χ4v) is 4.62. The molecule has 3 aromatic rings. The van der Waals surface area contributed by atoms with Crippen molar-refractivity contribution in [2.45, 2.75) is 32.9 Å². The van der Waals surface area contributed by atoms with Gasteiger partial charge in [0.15, 0.2) is 0 Å². The molecule has 0 saturated heterocycles. The molecule has 0 fully saturated rings. The number of carbonyl (C=O) groups excluding carboxylic acids is 2. The van der Waals surface area contributed by atoms with Gasteiger partial charge in [-0.05, 0) is 54.3 Å². The molecule has 2 heterocycles. The number of fused-ring (bicyclic) bond motifs is 1. The van der Waals surface area contributed by atoms with Crippen molar-refractivity contribution in [2.24, 2.45) is 0 Å². The maximum absolute atomic E-state index is 14.0. The first-order valence-electron chi connectivity index (χ1n) is 10.5. The average Bonchev–Trinajstić information content (AvgIpc) is 3.26. The number of nitrogens with zero attached hydrogens (tertiary/aromatic N) is 2. The average molecular weight is 454 g/mol. The number of aromatic nitrogens is 1. The summed E-state index contributed by atoms with van der Waals surface area (Å²) in [5.74, 6) is 0.0328. The van der Waals surface area contributed by atoms with Crippen molar-refractivity contribution >= 4 is 23.2 Å². The Morgan fingerprint density at radius 2 is 2.12 bits per heavy atom. The van der Waals surface area contributed by atoms with Crippen LogP contribution in [0.4, 0.5) is 4.39 Å². The highest BCUT2D eigenvalue weighted by Crippen LogP contribution is 2.37. The fraction of sp³-hybridized carbons (Fsp3) is 0.292. The van der Waals surface area contributed by atoms with Crippen molar-refractivity contribution in [3.05, 3.63) is 81.1 Å².